The second kappa shape index (κ2) is 9.41. The number of hydrogen-bond donors (Lipinski definition) is 5. The van der Waals surface area contributed by atoms with Crippen molar-refractivity contribution in [3.63, 3.8) is 0 Å². The van der Waals surface area contributed by atoms with E-state index in [0.29, 0.717) is 0 Å². The lowest BCUT2D eigenvalue weighted by Gasteiger charge is -2.47. The fourth-order valence-corrected chi connectivity index (χ4v) is 6.03. The number of aromatic hydroxyl groups is 2. The first kappa shape index (κ1) is 26.7. The molecule has 0 aromatic heterocycles. The van der Waals surface area contributed by atoms with Crippen LogP contribution in [0.4, 0.5) is 0 Å². The van der Waals surface area contributed by atoms with Crippen molar-refractivity contribution in [1.29, 1.82) is 0 Å². The monoisotopic (exact) mass is 527 g/mol. The third-order valence-corrected chi connectivity index (χ3v) is 8.25. The standard InChI is InChI=1S/C28H33NO9/c1-5-28(36)11-18(31)14-9-15-21(24(33)13-7-6-8-17(30)20(13)25(15)34)26(35)22(14)27(28)38-19-10-16(29(3)4)23(32)12(2)37-19/h6-9,12,16,18-19,23,27,30-32,35-36H,5,10-11H2,1-4H3/t12-,16-,18+,19-,23+,27-,28-/m1/s1. The molecule has 0 radical (unpaired) electrons. The van der Waals surface area contributed by atoms with Crippen LogP contribution < -0.4 is 0 Å². The van der Waals surface area contributed by atoms with E-state index < -0.39 is 53.6 Å². The largest absolute Gasteiger partial charge is 0.507 e. The van der Waals surface area contributed by atoms with Gasteiger partial charge in [-0.05, 0) is 45.1 Å². The van der Waals surface area contributed by atoms with Crippen molar-refractivity contribution in [2.24, 2.45) is 0 Å². The van der Waals surface area contributed by atoms with E-state index >= 15 is 0 Å². The lowest BCUT2D eigenvalue weighted by molar-refractivity contribution is -0.279. The molecule has 10 heteroatoms. The molecule has 0 saturated carbocycles. The number of rotatable bonds is 4. The van der Waals surface area contributed by atoms with Gasteiger partial charge in [0.15, 0.2) is 17.9 Å². The Bertz CT molecular complexity index is 1310. The number of fused-ring (bicyclic) bond motifs is 3. The molecule has 10 nitrogen and oxygen atoms in total. The van der Waals surface area contributed by atoms with Gasteiger partial charge in [0, 0.05) is 35.6 Å². The van der Waals surface area contributed by atoms with Gasteiger partial charge >= 0.3 is 0 Å². The van der Waals surface area contributed by atoms with E-state index in [0.717, 1.165) is 0 Å². The van der Waals surface area contributed by atoms with Crippen LogP contribution in [-0.4, -0.2) is 86.2 Å². The number of benzene rings is 2. The molecule has 0 bridgehead atoms. The normalized spacial score (nSPS) is 32.6. The molecule has 7 atom stereocenters. The number of phenols is 2. The van der Waals surface area contributed by atoms with Crippen LogP contribution in [0.3, 0.4) is 0 Å². The van der Waals surface area contributed by atoms with Crippen LogP contribution in [0, 0.1) is 0 Å². The molecule has 1 heterocycles. The Hall–Kier alpha value is -2.86. The number of likely N-dealkylation sites (N-methyl/N-ethyl adjacent to an activating group) is 1. The number of phenolic OH excluding ortho intramolecular Hbond substituents is 2. The van der Waals surface area contributed by atoms with Gasteiger partial charge in [0.25, 0.3) is 0 Å². The maximum Gasteiger partial charge on any atom is 0.198 e. The highest BCUT2D eigenvalue weighted by molar-refractivity contribution is 6.30. The highest BCUT2D eigenvalue weighted by atomic mass is 16.7. The number of carbonyl (C=O) groups excluding carboxylic acids is 2. The maximum absolute atomic E-state index is 13.5. The third-order valence-electron chi connectivity index (χ3n) is 8.25. The first-order valence-corrected chi connectivity index (χ1v) is 12.8. The minimum absolute atomic E-state index is 0.0142. The van der Waals surface area contributed by atoms with Crippen molar-refractivity contribution in [3.8, 4) is 11.5 Å². The van der Waals surface area contributed by atoms with Gasteiger partial charge in [-0.1, -0.05) is 19.1 Å². The number of ether oxygens (including phenoxy) is 2. The maximum atomic E-state index is 13.5. The summed E-state index contributed by atoms with van der Waals surface area (Å²) in [5.74, 6) is -2.23. The predicted octanol–water partition coefficient (Wildman–Crippen LogP) is 1.94. The smallest absolute Gasteiger partial charge is 0.198 e. The first-order chi connectivity index (χ1) is 17.9. The average molecular weight is 528 g/mol. The quantitative estimate of drug-likeness (QED) is 0.340. The average Bonchev–Trinajstić information content (AvgIpc) is 2.86. The molecule has 1 fully saturated rings. The van der Waals surface area contributed by atoms with Crippen LogP contribution >= 0.6 is 0 Å². The van der Waals surface area contributed by atoms with Crippen LogP contribution in [0.5, 0.6) is 11.5 Å². The summed E-state index contributed by atoms with van der Waals surface area (Å²) in [7, 11) is 3.65. The minimum Gasteiger partial charge on any atom is -0.507 e. The number of hydrogen-bond acceptors (Lipinski definition) is 10. The minimum atomic E-state index is -1.63. The summed E-state index contributed by atoms with van der Waals surface area (Å²) < 4.78 is 12.2. The van der Waals surface area contributed by atoms with Crippen LogP contribution in [0.2, 0.25) is 0 Å². The molecule has 1 saturated heterocycles. The van der Waals surface area contributed by atoms with Crippen molar-refractivity contribution in [1.82, 2.24) is 4.90 Å². The first-order valence-electron chi connectivity index (χ1n) is 12.8. The Morgan fingerprint density at radius 2 is 1.79 bits per heavy atom. The predicted molar refractivity (Wildman–Crippen MR) is 134 cm³/mol. The molecule has 0 amide bonds. The summed E-state index contributed by atoms with van der Waals surface area (Å²) in [6.07, 6.45) is -4.43. The molecule has 204 valence electrons. The second-order valence-corrected chi connectivity index (χ2v) is 10.7. The van der Waals surface area contributed by atoms with Gasteiger partial charge in [0.05, 0.1) is 35.0 Å². The number of nitrogens with zero attached hydrogens (tertiary/aromatic N) is 1. The van der Waals surface area contributed by atoms with Crippen molar-refractivity contribution in [2.75, 3.05) is 14.1 Å². The lowest BCUT2D eigenvalue weighted by Crippen LogP contribution is -2.54. The number of aliphatic hydroxyl groups excluding tert-OH is 2. The van der Waals surface area contributed by atoms with E-state index in [1.54, 1.807) is 13.8 Å². The molecule has 1 aliphatic heterocycles. The zero-order valence-corrected chi connectivity index (χ0v) is 21.7. The van der Waals surface area contributed by atoms with Crippen molar-refractivity contribution in [2.45, 2.75) is 75.5 Å². The summed E-state index contributed by atoms with van der Waals surface area (Å²) in [5.41, 5.74) is -2.09. The molecule has 0 unspecified atom stereocenters. The molecule has 2 aromatic rings. The van der Waals surface area contributed by atoms with Crippen LogP contribution in [0.15, 0.2) is 24.3 Å². The Morgan fingerprint density at radius 3 is 2.45 bits per heavy atom. The second-order valence-electron chi connectivity index (χ2n) is 10.7. The summed E-state index contributed by atoms with van der Waals surface area (Å²) in [4.78, 5) is 28.7. The third kappa shape index (κ3) is 3.95. The van der Waals surface area contributed by atoms with Gasteiger partial charge in [0.1, 0.15) is 17.6 Å². The van der Waals surface area contributed by atoms with E-state index in [9.17, 15) is 35.1 Å². The highest BCUT2D eigenvalue weighted by Crippen LogP contribution is 2.53. The van der Waals surface area contributed by atoms with Crippen molar-refractivity contribution in [3.05, 3.63) is 57.6 Å². The Morgan fingerprint density at radius 1 is 1.11 bits per heavy atom. The summed E-state index contributed by atoms with van der Waals surface area (Å²) in [6.45, 7) is 3.43. The highest BCUT2D eigenvalue weighted by Gasteiger charge is 2.51. The van der Waals surface area contributed by atoms with E-state index in [4.69, 9.17) is 9.47 Å². The van der Waals surface area contributed by atoms with Gasteiger partial charge in [-0.3, -0.25) is 9.59 Å². The lowest BCUT2D eigenvalue weighted by atomic mass is 9.71. The molecule has 0 spiro atoms. The van der Waals surface area contributed by atoms with E-state index in [2.05, 4.69) is 0 Å². The molecule has 38 heavy (non-hydrogen) atoms. The Kier molecular flexibility index (Phi) is 6.62. The van der Waals surface area contributed by atoms with Gasteiger partial charge < -0.3 is 39.9 Å². The van der Waals surface area contributed by atoms with E-state index in [-0.39, 0.29) is 64.4 Å². The summed E-state index contributed by atoms with van der Waals surface area (Å²) in [5, 5.41) is 55.0. The fourth-order valence-electron chi connectivity index (χ4n) is 6.03. The zero-order valence-electron chi connectivity index (χ0n) is 21.7. The molecule has 5 N–H and O–H groups in total. The molecule has 5 rings (SSSR count). The topological polar surface area (TPSA) is 157 Å². The van der Waals surface area contributed by atoms with E-state index in [1.807, 2.05) is 19.0 Å². The van der Waals surface area contributed by atoms with Gasteiger partial charge in [-0.25, -0.2) is 0 Å². The Labute approximate surface area is 220 Å². The fraction of sp³-hybridized carbons (Fsp3) is 0.500. The molecule has 2 aromatic carbocycles. The molecular weight excluding hydrogens is 494 g/mol. The molecule has 2 aliphatic carbocycles. The van der Waals surface area contributed by atoms with Gasteiger partial charge in [-0.15, -0.1) is 0 Å². The van der Waals surface area contributed by atoms with Crippen LogP contribution in [0.25, 0.3) is 0 Å². The van der Waals surface area contributed by atoms with Crippen LogP contribution in [-0.2, 0) is 9.47 Å². The SMILES string of the molecule is CC[C@@]1(O)C[C@H](O)c2cc3c(c(O)c2[C@H]1O[C@@H]1C[C@@H](N(C)C)[C@@H](O)[C@@H](C)O1)C(=O)c1cccc(O)c1C3=O. The zero-order chi connectivity index (χ0) is 27.7. The number of ketones is 2. The van der Waals surface area contributed by atoms with Gasteiger partial charge in [0.2, 0.25) is 0 Å². The van der Waals surface area contributed by atoms with Gasteiger partial charge in [-0.2, -0.15) is 0 Å². The van der Waals surface area contributed by atoms with Crippen LogP contribution in [0.1, 0.15) is 88.3 Å². The Balaban J connectivity index is 1.64. The molecule has 3 aliphatic rings. The van der Waals surface area contributed by atoms with E-state index in [1.165, 1.54) is 24.3 Å². The number of aliphatic hydroxyl groups is 3. The summed E-state index contributed by atoms with van der Waals surface area (Å²) in [6, 6.07) is 5.17. The van der Waals surface area contributed by atoms with Crippen molar-refractivity contribution < 1.29 is 44.6 Å². The van der Waals surface area contributed by atoms with Crippen molar-refractivity contribution >= 4 is 11.6 Å². The number of carbonyl (C=O) groups is 2. The molecular formula is C28H33NO9. The summed E-state index contributed by atoms with van der Waals surface area (Å²) >= 11 is 0.